The molecular weight excluding hydrogens is 769 g/mol. The largest absolute Gasteiger partial charge is 0.501 e. The zero-order valence-electron chi connectivity index (χ0n) is 26.0. The van der Waals surface area contributed by atoms with Crippen molar-refractivity contribution in [2.75, 3.05) is 0 Å². The molecule has 233 valence electrons. The van der Waals surface area contributed by atoms with Gasteiger partial charge in [-0.3, -0.25) is 4.98 Å². The fraction of sp³-hybridized carbons (Fsp3) is 0.0238. The number of imidazole rings is 1. The number of fused-ring (bicyclic) bond motifs is 4. The molecule has 0 aliphatic heterocycles. The maximum Gasteiger partial charge on any atom is 0.155 e. The number of hydrogen-bond acceptors (Lipinski definition) is 4. The number of aryl methyl sites for hydroxylation is 1. The van der Waals surface area contributed by atoms with Crippen LogP contribution in [0.1, 0.15) is 5.56 Å². The van der Waals surface area contributed by atoms with Crippen molar-refractivity contribution in [3.63, 3.8) is 0 Å². The van der Waals surface area contributed by atoms with Crippen LogP contribution >= 0.6 is 0 Å². The van der Waals surface area contributed by atoms with Gasteiger partial charge in [0.1, 0.15) is 5.58 Å². The fourth-order valence-corrected chi connectivity index (χ4v) is 5.91. The average molecular weight is 797 g/mol. The monoisotopic (exact) mass is 797 g/mol. The normalized spacial score (nSPS) is 10.9. The molecule has 0 amide bonds. The Balaban J connectivity index is 0.000000237. The maximum absolute atomic E-state index is 6.39. The Morgan fingerprint density at radius 2 is 1.46 bits per heavy atom. The van der Waals surface area contributed by atoms with E-state index in [0.717, 1.165) is 78.1 Å². The zero-order valence-corrected chi connectivity index (χ0v) is 28.4. The fourth-order valence-electron chi connectivity index (χ4n) is 5.91. The Bertz CT molecular complexity index is 2420. The van der Waals surface area contributed by atoms with Gasteiger partial charge in [0.15, 0.2) is 5.65 Å². The quantitative estimate of drug-likeness (QED) is 0.167. The van der Waals surface area contributed by atoms with Crippen molar-refractivity contribution in [2.45, 2.75) is 6.92 Å². The van der Waals surface area contributed by atoms with Crippen molar-refractivity contribution in [1.29, 1.82) is 0 Å². The van der Waals surface area contributed by atoms with Crippen molar-refractivity contribution in [3.8, 4) is 39.5 Å². The van der Waals surface area contributed by atoms with E-state index < -0.39 is 0 Å². The summed E-state index contributed by atoms with van der Waals surface area (Å²) in [5.41, 5.74) is 10.4. The van der Waals surface area contributed by atoms with Crippen LogP contribution in [0.3, 0.4) is 0 Å². The minimum absolute atomic E-state index is 0. The molecule has 0 spiro atoms. The summed E-state index contributed by atoms with van der Waals surface area (Å²) in [4.78, 5) is 14.2. The Labute approximate surface area is 291 Å². The third-order valence-electron chi connectivity index (χ3n) is 8.14. The van der Waals surface area contributed by atoms with Gasteiger partial charge in [0.25, 0.3) is 0 Å². The molecule has 5 aromatic carbocycles. The number of hydrogen-bond donors (Lipinski definition) is 0. The van der Waals surface area contributed by atoms with Gasteiger partial charge in [0, 0.05) is 49.1 Å². The second kappa shape index (κ2) is 13.6. The summed E-state index contributed by atoms with van der Waals surface area (Å²) in [6, 6.07) is 53.0. The molecule has 5 nitrogen and oxygen atoms in total. The third-order valence-corrected chi connectivity index (χ3v) is 8.14. The molecule has 0 aliphatic rings. The van der Waals surface area contributed by atoms with E-state index in [4.69, 9.17) is 14.4 Å². The first-order chi connectivity index (χ1) is 23.2. The molecule has 0 unspecified atom stereocenters. The van der Waals surface area contributed by atoms with Crippen LogP contribution < -0.4 is 0 Å². The van der Waals surface area contributed by atoms with Crippen molar-refractivity contribution in [1.82, 2.24) is 19.5 Å². The molecule has 6 heteroatoms. The van der Waals surface area contributed by atoms with Crippen LogP contribution in [-0.4, -0.2) is 19.5 Å². The summed E-state index contributed by atoms with van der Waals surface area (Å²) in [7, 11) is 0. The van der Waals surface area contributed by atoms with E-state index in [1.807, 2.05) is 109 Å². The molecule has 9 aromatic rings. The molecular formula is C42H28IrN4O-2. The number of para-hydroxylation sites is 2. The van der Waals surface area contributed by atoms with Crippen molar-refractivity contribution in [3.05, 3.63) is 170 Å². The Morgan fingerprint density at radius 1 is 0.708 bits per heavy atom. The Kier molecular flexibility index (Phi) is 8.76. The standard InChI is InChI=1S/C31H20N3O.C11H8N.Ir/c1-20-16-17-25(29-28(20)24-14-8-9-15-27(24)35-29)30-33-26-18-22(21-10-4-2-5-11-21)19-32-31(26)34(30)23-12-6-3-7-13-23;1-2-6-10(7-3-1)11-8-4-5-9-12-11;/h2-16,18-19H,1H3;1-6,8-9H;/q2*-1;. The molecule has 0 atom stereocenters. The van der Waals surface area contributed by atoms with Crippen LogP contribution in [0, 0.1) is 19.1 Å². The van der Waals surface area contributed by atoms with Crippen LogP contribution in [0.2, 0.25) is 0 Å². The van der Waals surface area contributed by atoms with Crippen LogP contribution in [0.15, 0.2) is 156 Å². The Hall–Kier alpha value is -5.68. The number of aromatic nitrogens is 4. The number of furan rings is 1. The van der Waals surface area contributed by atoms with E-state index in [-0.39, 0.29) is 20.1 Å². The number of rotatable bonds is 4. The summed E-state index contributed by atoms with van der Waals surface area (Å²) in [5.74, 6) is 0.757. The van der Waals surface area contributed by atoms with Gasteiger partial charge in [0.05, 0.1) is 16.9 Å². The first kappa shape index (κ1) is 30.9. The molecule has 0 fully saturated rings. The van der Waals surface area contributed by atoms with Gasteiger partial charge in [-0.25, -0.2) is 4.98 Å². The van der Waals surface area contributed by atoms with E-state index in [2.05, 4.69) is 65.0 Å². The van der Waals surface area contributed by atoms with Gasteiger partial charge in [-0.1, -0.05) is 96.7 Å². The molecule has 48 heavy (non-hydrogen) atoms. The van der Waals surface area contributed by atoms with Gasteiger partial charge >= 0.3 is 0 Å². The number of nitrogens with zero attached hydrogens (tertiary/aromatic N) is 4. The van der Waals surface area contributed by atoms with Crippen molar-refractivity contribution < 1.29 is 24.5 Å². The SMILES string of the molecule is Cc1c[c-]c(-c2nc3cc(-c4ccccc4)cnc3n2-c2ccccc2)c2oc3ccccc3c12.[Ir].[c-]1ccccc1-c1ccccn1. The first-order valence-electron chi connectivity index (χ1n) is 15.4. The average Bonchev–Trinajstić information content (AvgIpc) is 3.73. The van der Waals surface area contributed by atoms with E-state index in [9.17, 15) is 0 Å². The van der Waals surface area contributed by atoms with Crippen LogP contribution in [0.5, 0.6) is 0 Å². The first-order valence-corrected chi connectivity index (χ1v) is 15.4. The van der Waals surface area contributed by atoms with Gasteiger partial charge in [-0.2, -0.15) is 0 Å². The third kappa shape index (κ3) is 5.84. The molecule has 0 aliphatic carbocycles. The summed E-state index contributed by atoms with van der Waals surface area (Å²) in [5, 5.41) is 2.20. The minimum atomic E-state index is 0. The Morgan fingerprint density at radius 3 is 2.23 bits per heavy atom. The second-order valence-corrected chi connectivity index (χ2v) is 11.2. The molecule has 0 N–H and O–H groups in total. The van der Waals surface area contributed by atoms with Crippen LogP contribution in [0.4, 0.5) is 0 Å². The number of benzene rings is 5. The molecule has 0 saturated heterocycles. The van der Waals surface area contributed by atoms with Crippen molar-refractivity contribution in [2.24, 2.45) is 0 Å². The minimum Gasteiger partial charge on any atom is -0.501 e. The zero-order chi connectivity index (χ0) is 31.6. The summed E-state index contributed by atoms with van der Waals surface area (Å²) in [6.45, 7) is 2.10. The topological polar surface area (TPSA) is 56.7 Å². The van der Waals surface area contributed by atoms with Crippen molar-refractivity contribution >= 4 is 33.1 Å². The van der Waals surface area contributed by atoms with E-state index in [1.54, 1.807) is 6.20 Å². The molecule has 4 aromatic heterocycles. The molecule has 1 radical (unpaired) electrons. The number of pyridine rings is 2. The molecule has 0 saturated carbocycles. The van der Waals surface area contributed by atoms with Crippen LogP contribution in [0.25, 0.3) is 72.6 Å². The van der Waals surface area contributed by atoms with Gasteiger partial charge in [-0.05, 0) is 41.6 Å². The summed E-state index contributed by atoms with van der Waals surface area (Å²) >= 11 is 0. The maximum atomic E-state index is 6.39. The van der Waals surface area contributed by atoms with Crippen LogP contribution in [-0.2, 0) is 20.1 Å². The van der Waals surface area contributed by atoms with Gasteiger partial charge in [-0.15, -0.1) is 53.6 Å². The van der Waals surface area contributed by atoms with E-state index >= 15 is 0 Å². The van der Waals surface area contributed by atoms with Gasteiger partial charge in [0.2, 0.25) is 0 Å². The van der Waals surface area contributed by atoms with Gasteiger partial charge < -0.3 is 14.0 Å². The molecule has 9 rings (SSSR count). The summed E-state index contributed by atoms with van der Waals surface area (Å²) in [6.07, 6.45) is 3.70. The van der Waals surface area contributed by atoms with E-state index in [1.165, 1.54) is 0 Å². The smallest absolute Gasteiger partial charge is 0.155 e. The predicted molar refractivity (Wildman–Crippen MR) is 189 cm³/mol. The summed E-state index contributed by atoms with van der Waals surface area (Å²) < 4.78 is 8.49. The predicted octanol–water partition coefficient (Wildman–Crippen LogP) is 10.3. The molecule has 4 heterocycles. The van der Waals surface area contributed by atoms with E-state index in [0.29, 0.717) is 0 Å². The molecule has 0 bridgehead atoms. The second-order valence-electron chi connectivity index (χ2n) is 11.2.